The maximum atomic E-state index is 2.39. The minimum Gasteiger partial charge on any atom is -0.0805 e. The maximum Gasteiger partial charge on any atom is 0.0195 e. The highest BCUT2D eigenvalue weighted by Gasteiger charge is 2.34. The Labute approximate surface area is 98.7 Å². The van der Waals surface area contributed by atoms with Crippen molar-refractivity contribution in [2.75, 3.05) is 0 Å². The van der Waals surface area contributed by atoms with Crippen molar-refractivity contribution in [3.63, 3.8) is 0 Å². The van der Waals surface area contributed by atoms with Crippen LogP contribution in [0.3, 0.4) is 0 Å². The van der Waals surface area contributed by atoms with E-state index in [1.165, 1.54) is 18.4 Å². The van der Waals surface area contributed by atoms with Crippen LogP contribution in [0.15, 0.2) is 54.6 Å². The summed E-state index contributed by atoms with van der Waals surface area (Å²) in [6.45, 7) is 4.59. The Bertz CT molecular complexity index is 386. The molecule has 2 unspecified atom stereocenters. The summed E-state index contributed by atoms with van der Waals surface area (Å²) < 4.78 is 0. The van der Waals surface area contributed by atoms with Crippen molar-refractivity contribution in [3.8, 4) is 0 Å². The van der Waals surface area contributed by atoms with Gasteiger partial charge in [-0.15, -0.1) is 0 Å². The van der Waals surface area contributed by atoms with Crippen LogP contribution in [-0.4, -0.2) is 0 Å². The van der Waals surface area contributed by atoms with E-state index in [1.807, 2.05) is 0 Å². The lowest BCUT2D eigenvalue weighted by atomic mass is 9.66. The standard InChI is InChI=1S/C16H20/c1-3-12-16(13-8-7-9-14(16)2)15-10-5-4-6-11-15/h4-11,13-14H,3,12H2,1-2H3. The molecular weight excluding hydrogens is 192 g/mol. The van der Waals surface area contributed by atoms with Gasteiger partial charge in [0.05, 0.1) is 0 Å². The van der Waals surface area contributed by atoms with Crippen molar-refractivity contribution >= 4 is 0 Å². The molecule has 0 fully saturated rings. The van der Waals surface area contributed by atoms with Gasteiger partial charge < -0.3 is 0 Å². The van der Waals surface area contributed by atoms with Gasteiger partial charge in [-0.05, 0) is 17.9 Å². The van der Waals surface area contributed by atoms with E-state index in [0.717, 1.165) is 0 Å². The third-order valence-electron chi connectivity index (χ3n) is 3.69. The molecule has 0 aliphatic heterocycles. The van der Waals surface area contributed by atoms with Gasteiger partial charge in [0.25, 0.3) is 0 Å². The molecule has 0 radical (unpaired) electrons. The molecule has 0 heterocycles. The summed E-state index contributed by atoms with van der Waals surface area (Å²) in [6, 6.07) is 10.9. The van der Waals surface area contributed by atoms with E-state index in [2.05, 4.69) is 68.5 Å². The van der Waals surface area contributed by atoms with E-state index in [4.69, 9.17) is 0 Å². The summed E-state index contributed by atoms with van der Waals surface area (Å²) in [5.41, 5.74) is 1.66. The van der Waals surface area contributed by atoms with Crippen molar-refractivity contribution in [2.45, 2.75) is 32.1 Å². The first-order chi connectivity index (χ1) is 7.79. The lowest BCUT2D eigenvalue weighted by Crippen LogP contribution is -2.31. The Morgan fingerprint density at radius 3 is 2.50 bits per heavy atom. The highest BCUT2D eigenvalue weighted by molar-refractivity contribution is 5.37. The van der Waals surface area contributed by atoms with E-state index in [9.17, 15) is 0 Å². The molecule has 1 aromatic rings. The highest BCUT2D eigenvalue weighted by atomic mass is 14.4. The lowest BCUT2D eigenvalue weighted by Gasteiger charge is -2.37. The molecular formula is C16H20. The fraction of sp³-hybridized carbons (Fsp3) is 0.375. The van der Waals surface area contributed by atoms with Gasteiger partial charge in [-0.25, -0.2) is 0 Å². The molecule has 0 saturated heterocycles. The van der Waals surface area contributed by atoms with Gasteiger partial charge in [-0.3, -0.25) is 0 Å². The molecule has 84 valence electrons. The van der Waals surface area contributed by atoms with E-state index in [-0.39, 0.29) is 5.41 Å². The molecule has 0 heteroatoms. The second-order valence-corrected chi connectivity index (χ2v) is 4.69. The van der Waals surface area contributed by atoms with Gasteiger partial charge in [0.15, 0.2) is 0 Å². The average molecular weight is 212 g/mol. The normalized spacial score (nSPS) is 28.2. The summed E-state index contributed by atoms with van der Waals surface area (Å²) >= 11 is 0. The molecule has 16 heavy (non-hydrogen) atoms. The third kappa shape index (κ3) is 1.84. The molecule has 1 aromatic carbocycles. The van der Waals surface area contributed by atoms with Crippen molar-refractivity contribution in [1.29, 1.82) is 0 Å². The fourth-order valence-corrected chi connectivity index (χ4v) is 2.76. The zero-order valence-electron chi connectivity index (χ0n) is 10.2. The number of rotatable bonds is 3. The molecule has 0 aromatic heterocycles. The number of hydrogen-bond acceptors (Lipinski definition) is 0. The summed E-state index contributed by atoms with van der Waals surface area (Å²) in [4.78, 5) is 0. The number of allylic oxidation sites excluding steroid dienone is 4. The molecule has 0 saturated carbocycles. The van der Waals surface area contributed by atoms with Gasteiger partial charge in [0.1, 0.15) is 0 Å². The minimum absolute atomic E-state index is 0.213. The molecule has 0 amide bonds. The predicted molar refractivity (Wildman–Crippen MR) is 70.5 cm³/mol. The summed E-state index contributed by atoms with van der Waals surface area (Å²) in [6.07, 6.45) is 11.5. The SMILES string of the molecule is CCCC1(c2ccccc2)C=CC=CC1C. The maximum absolute atomic E-state index is 2.39. The molecule has 1 aliphatic rings. The Balaban J connectivity index is 2.44. The molecule has 0 spiro atoms. The number of hydrogen-bond donors (Lipinski definition) is 0. The number of benzene rings is 1. The van der Waals surface area contributed by atoms with Crippen LogP contribution in [0.2, 0.25) is 0 Å². The predicted octanol–water partition coefficient (Wildman–Crippen LogP) is 4.49. The fourth-order valence-electron chi connectivity index (χ4n) is 2.76. The Morgan fingerprint density at radius 1 is 1.12 bits per heavy atom. The van der Waals surface area contributed by atoms with Gasteiger partial charge in [-0.2, -0.15) is 0 Å². The zero-order chi connectivity index (χ0) is 11.4. The minimum atomic E-state index is 0.213. The largest absolute Gasteiger partial charge is 0.0805 e. The van der Waals surface area contributed by atoms with Crippen LogP contribution in [0.4, 0.5) is 0 Å². The van der Waals surface area contributed by atoms with E-state index in [0.29, 0.717) is 5.92 Å². The monoisotopic (exact) mass is 212 g/mol. The van der Waals surface area contributed by atoms with Crippen molar-refractivity contribution in [1.82, 2.24) is 0 Å². The van der Waals surface area contributed by atoms with E-state index in [1.54, 1.807) is 0 Å². The second kappa shape index (κ2) is 4.69. The molecule has 2 atom stereocenters. The summed E-state index contributed by atoms with van der Waals surface area (Å²) in [7, 11) is 0. The smallest absolute Gasteiger partial charge is 0.0195 e. The average Bonchev–Trinajstić information content (AvgIpc) is 2.34. The van der Waals surface area contributed by atoms with Gasteiger partial charge in [0.2, 0.25) is 0 Å². The lowest BCUT2D eigenvalue weighted by molar-refractivity contribution is 0.383. The van der Waals surface area contributed by atoms with Crippen LogP contribution in [0.1, 0.15) is 32.3 Å². The van der Waals surface area contributed by atoms with Crippen LogP contribution in [-0.2, 0) is 5.41 Å². The van der Waals surface area contributed by atoms with E-state index < -0.39 is 0 Å². The molecule has 2 rings (SSSR count). The Kier molecular flexibility index (Phi) is 3.28. The van der Waals surface area contributed by atoms with Crippen LogP contribution >= 0.6 is 0 Å². The van der Waals surface area contributed by atoms with Gasteiger partial charge in [0, 0.05) is 5.41 Å². The quantitative estimate of drug-likeness (QED) is 0.692. The highest BCUT2D eigenvalue weighted by Crippen LogP contribution is 2.40. The van der Waals surface area contributed by atoms with Crippen LogP contribution in [0.5, 0.6) is 0 Å². The molecule has 1 aliphatic carbocycles. The summed E-state index contributed by atoms with van der Waals surface area (Å²) in [5, 5.41) is 0. The Morgan fingerprint density at radius 2 is 1.88 bits per heavy atom. The first-order valence-electron chi connectivity index (χ1n) is 6.21. The zero-order valence-corrected chi connectivity index (χ0v) is 10.2. The van der Waals surface area contributed by atoms with E-state index >= 15 is 0 Å². The van der Waals surface area contributed by atoms with Gasteiger partial charge in [-0.1, -0.05) is 74.9 Å². The van der Waals surface area contributed by atoms with Crippen LogP contribution in [0, 0.1) is 5.92 Å². The Hall–Kier alpha value is -1.30. The van der Waals surface area contributed by atoms with Crippen molar-refractivity contribution in [2.24, 2.45) is 5.92 Å². The van der Waals surface area contributed by atoms with Crippen molar-refractivity contribution in [3.05, 3.63) is 60.2 Å². The molecule has 0 N–H and O–H groups in total. The molecule has 0 nitrogen and oxygen atoms in total. The first kappa shape index (κ1) is 11.2. The third-order valence-corrected chi connectivity index (χ3v) is 3.69. The van der Waals surface area contributed by atoms with Crippen LogP contribution in [0.25, 0.3) is 0 Å². The summed E-state index contributed by atoms with van der Waals surface area (Å²) in [5.74, 6) is 0.583. The van der Waals surface area contributed by atoms with Crippen molar-refractivity contribution < 1.29 is 0 Å². The second-order valence-electron chi connectivity index (χ2n) is 4.69. The van der Waals surface area contributed by atoms with Crippen LogP contribution < -0.4 is 0 Å². The topological polar surface area (TPSA) is 0 Å². The molecule has 0 bridgehead atoms. The first-order valence-corrected chi connectivity index (χ1v) is 6.21. The van der Waals surface area contributed by atoms with Gasteiger partial charge >= 0.3 is 0 Å².